The van der Waals surface area contributed by atoms with E-state index < -0.39 is 30.5 Å². The first-order valence-electron chi connectivity index (χ1n) is 6.74. The van der Waals surface area contributed by atoms with Crippen LogP contribution in [0.4, 0.5) is 10.5 Å². The van der Waals surface area contributed by atoms with Crippen LogP contribution in [-0.4, -0.2) is 47.6 Å². The van der Waals surface area contributed by atoms with Crippen LogP contribution in [0, 0.1) is 0 Å². The molecule has 3 amide bonds. The van der Waals surface area contributed by atoms with Gasteiger partial charge in [-0.1, -0.05) is 15.9 Å². The van der Waals surface area contributed by atoms with Crippen molar-refractivity contribution in [3.63, 3.8) is 0 Å². The van der Waals surface area contributed by atoms with Gasteiger partial charge in [0.25, 0.3) is 0 Å². The quantitative estimate of drug-likeness (QED) is 0.530. The number of hydrogen-bond acceptors (Lipinski definition) is 4. The fraction of sp³-hybridized carbons (Fsp3) is 0.357. The van der Waals surface area contributed by atoms with E-state index in [9.17, 15) is 14.4 Å². The van der Waals surface area contributed by atoms with Crippen LogP contribution in [0.2, 0.25) is 0 Å². The average molecular weight is 404 g/mol. The molecule has 0 bridgehead atoms. The maximum atomic E-state index is 12.0. The Balaban J connectivity index is 2.60. The van der Waals surface area contributed by atoms with Gasteiger partial charge < -0.3 is 21.1 Å². The van der Waals surface area contributed by atoms with Crippen LogP contribution < -0.4 is 16.0 Å². The molecule has 1 atom stereocenters. The maximum Gasteiger partial charge on any atom is 0.322 e. The molecule has 0 aliphatic heterocycles. The van der Waals surface area contributed by atoms with Crippen molar-refractivity contribution in [1.82, 2.24) is 10.6 Å². The highest BCUT2D eigenvalue weighted by Crippen LogP contribution is 2.14. The third kappa shape index (κ3) is 7.89. The lowest BCUT2D eigenvalue weighted by molar-refractivity contribution is -0.138. The van der Waals surface area contributed by atoms with Crippen LogP contribution in [0.25, 0.3) is 0 Å². The van der Waals surface area contributed by atoms with Crippen molar-refractivity contribution in [3.8, 4) is 0 Å². The summed E-state index contributed by atoms with van der Waals surface area (Å²) in [4.78, 5) is 34.4. The minimum atomic E-state index is -1.14. The highest BCUT2D eigenvalue weighted by Gasteiger charge is 2.20. The van der Waals surface area contributed by atoms with E-state index >= 15 is 0 Å². The number of thioether (sulfide) groups is 1. The summed E-state index contributed by atoms with van der Waals surface area (Å²) in [6.45, 7) is -0.482. The molecule has 0 saturated carbocycles. The number of carboxylic acid groups (broad SMARTS) is 1. The van der Waals surface area contributed by atoms with E-state index in [-0.39, 0.29) is 0 Å². The van der Waals surface area contributed by atoms with Crippen molar-refractivity contribution in [2.75, 3.05) is 23.9 Å². The summed E-state index contributed by atoms with van der Waals surface area (Å²) in [6, 6.07) is 5.66. The minimum Gasteiger partial charge on any atom is -0.480 e. The number of hydrogen-bond donors (Lipinski definition) is 4. The highest BCUT2D eigenvalue weighted by molar-refractivity contribution is 9.10. The van der Waals surface area contributed by atoms with Gasteiger partial charge in [0.1, 0.15) is 12.6 Å². The number of amides is 3. The van der Waals surface area contributed by atoms with Crippen LogP contribution >= 0.6 is 27.7 Å². The number of anilines is 1. The zero-order chi connectivity index (χ0) is 17.2. The fourth-order valence-electron chi connectivity index (χ4n) is 1.65. The number of halogens is 1. The molecular formula is C14H18BrN3O4S. The van der Waals surface area contributed by atoms with Gasteiger partial charge >= 0.3 is 12.0 Å². The first-order chi connectivity index (χ1) is 10.9. The molecule has 1 aromatic carbocycles. The number of carboxylic acids is 1. The van der Waals surface area contributed by atoms with Crippen LogP contribution in [0.5, 0.6) is 0 Å². The summed E-state index contributed by atoms with van der Waals surface area (Å²) >= 11 is 4.83. The van der Waals surface area contributed by atoms with Crippen molar-refractivity contribution >= 4 is 51.3 Å². The molecule has 4 N–H and O–H groups in total. The van der Waals surface area contributed by atoms with E-state index in [2.05, 4.69) is 31.9 Å². The summed E-state index contributed by atoms with van der Waals surface area (Å²) in [6.07, 6.45) is 2.29. The lowest BCUT2D eigenvalue weighted by atomic mass is 10.2. The molecule has 126 valence electrons. The second kappa shape index (κ2) is 10.1. The number of nitrogens with one attached hydrogen (secondary N) is 3. The van der Waals surface area contributed by atoms with Gasteiger partial charge in [-0.05, 0) is 42.7 Å². The normalized spacial score (nSPS) is 11.4. The Bertz CT molecular complexity index is 553. The van der Waals surface area contributed by atoms with Crippen LogP contribution in [0.15, 0.2) is 28.7 Å². The monoisotopic (exact) mass is 403 g/mol. The molecule has 0 aliphatic rings. The molecule has 0 aromatic heterocycles. The van der Waals surface area contributed by atoms with Gasteiger partial charge in [-0.2, -0.15) is 11.8 Å². The van der Waals surface area contributed by atoms with Crippen molar-refractivity contribution in [2.45, 2.75) is 12.5 Å². The molecule has 0 fully saturated rings. The first kappa shape index (κ1) is 19.3. The number of rotatable bonds is 8. The van der Waals surface area contributed by atoms with E-state index in [1.54, 1.807) is 24.3 Å². The van der Waals surface area contributed by atoms with Crippen LogP contribution in [0.3, 0.4) is 0 Å². The maximum absolute atomic E-state index is 12.0. The molecule has 0 aliphatic carbocycles. The number of benzene rings is 1. The summed E-state index contributed by atoms with van der Waals surface area (Å²) in [5.74, 6) is -1.00. The largest absolute Gasteiger partial charge is 0.480 e. The minimum absolute atomic E-state index is 0.403. The predicted molar refractivity (Wildman–Crippen MR) is 93.7 cm³/mol. The van der Waals surface area contributed by atoms with E-state index in [1.165, 1.54) is 11.8 Å². The summed E-state index contributed by atoms with van der Waals surface area (Å²) in [5.41, 5.74) is 0.584. The molecule has 1 aromatic rings. The van der Waals surface area contributed by atoms with Crippen molar-refractivity contribution in [2.24, 2.45) is 0 Å². The Morgan fingerprint density at radius 1 is 1.26 bits per heavy atom. The van der Waals surface area contributed by atoms with Gasteiger partial charge in [-0.3, -0.25) is 9.59 Å². The van der Waals surface area contributed by atoms with Gasteiger partial charge in [0, 0.05) is 10.2 Å². The van der Waals surface area contributed by atoms with Crippen LogP contribution in [0.1, 0.15) is 6.42 Å². The van der Waals surface area contributed by atoms with Crippen molar-refractivity contribution in [3.05, 3.63) is 28.7 Å². The van der Waals surface area contributed by atoms with Crippen molar-refractivity contribution in [1.29, 1.82) is 0 Å². The zero-order valence-electron chi connectivity index (χ0n) is 12.5. The topological polar surface area (TPSA) is 108 Å². The Morgan fingerprint density at radius 3 is 2.48 bits per heavy atom. The average Bonchev–Trinajstić information content (AvgIpc) is 2.51. The van der Waals surface area contributed by atoms with Crippen molar-refractivity contribution < 1.29 is 19.5 Å². The summed E-state index contributed by atoms with van der Waals surface area (Å²) in [7, 11) is 0. The van der Waals surface area contributed by atoms with Gasteiger partial charge in [-0.15, -0.1) is 0 Å². The highest BCUT2D eigenvalue weighted by atomic mass is 79.9. The zero-order valence-corrected chi connectivity index (χ0v) is 14.9. The lowest BCUT2D eigenvalue weighted by Crippen LogP contribution is -2.49. The molecule has 7 nitrogen and oxygen atoms in total. The number of aliphatic carboxylic acids is 1. The van der Waals surface area contributed by atoms with Gasteiger partial charge in [0.15, 0.2) is 0 Å². The Labute approximate surface area is 146 Å². The molecular weight excluding hydrogens is 386 g/mol. The molecule has 0 heterocycles. The summed E-state index contributed by atoms with van der Waals surface area (Å²) in [5, 5.41) is 16.0. The van der Waals surface area contributed by atoms with Gasteiger partial charge in [0.05, 0.1) is 0 Å². The Hall–Kier alpha value is -1.74. The molecule has 0 spiro atoms. The molecule has 0 radical (unpaired) electrons. The third-order valence-electron chi connectivity index (χ3n) is 2.75. The lowest BCUT2D eigenvalue weighted by Gasteiger charge is -2.18. The third-order valence-corrected chi connectivity index (χ3v) is 3.92. The molecule has 9 heteroatoms. The van der Waals surface area contributed by atoms with E-state index in [1.807, 2.05) is 6.26 Å². The molecule has 23 heavy (non-hydrogen) atoms. The number of urea groups is 1. The molecule has 0 saturated heterocycles. The Morgan fingerprint density at radius 2 is 1.91 bits per heavy atom. The van der Waals surface area contributed by atoms with Gasteiger partial charge in [-0.25, -0.2) is 4.79 Å². The summed E-state index contributed by atoms with van der Waals surface area (Å²) < 4.78 is 0.884. The predicted octanol–water partition coefficient (Wildman–Crippen LogP) is 1.89. The SMILES string of the molecule is CSCCC(NC(=O)Nc1ccc(Br)cc1)C(=O)NCC(=O)O. The van der Waals surface area contributed by atoms with Crippen LogP contribution in [-0.2, 0) is 9.59 Å². The van der Waals surface area contributed by atoms with Gasteiger partial charge in [0.2, 0.25) is 5.91 Å². The number of carbonyl (C=O) groups excluding carboxylic acids is 2. The Kier molecular flexibility index (Phi) is 8.49. The van der Waals surface area contributed by atoms with E-state index in [4.69, 9.17) is 5.11 Å². The second-order valence-electron chi connectivity index (χ2n) is 4.55. The van der Waals surface area contributed by atoms with E-state index in [0.717, 1.165) is 4.47 Å². The van der Waals surface area contributed by atoms with E-state index in [0.29, 0.717) is 17.9 Å². The molecule has 1 unspecified atom stereocenters. The molecule has 1 rings (SSSR count). The first-order valence-corrected chi connectivity index (χ1v) is 8.92. The fourth-order valence-corrected chi connectivity index (χ4v) is 2.38. The standard InChI is InChI=1S/C14H18BrN3O4S/c1-23-7-6-11(13(21)16-8-12(19)20)18-14(22)17-10-4-2-9(15)3-5-10/h2-5,11H,6-8H2,1H3,(H,16,21)(H,19,20)(H2,17,18,22). The smallest absolute Gasteiger partial charge is 0.322 e. The number of carbonyl (C=O) groups is 3. The second-order valence-corrected chi connectivity index (χ2v) is 6.45.